The molecule has 0 aliphatic heterocycles. The SMILES string of the molecule is COC(=O)c1cc(NC(=O)CCc2c(C)nc3cc(-c4cccc(F)c4)nn3c2C)cc(C(=O)OC)c1. The summed E-state index contributed by atoms with van der Waals surface area (Å²) in [4.78, 5) is 41.4. The number of carbonyl (C=O) groups is 3. The van der Waals surface area contributed by atoms with Crippen molar-refractivity contribution in [2.75, 3.05) is 19.5 Å². The van der Waals surface area contributed by atoms with Crippen molar-refractivity contribution in [3.63, 3.8) is 0 Å². The molecule has 2 heterocycles. The van der Waals surface area contributed by atoms with Gasteiger partial charge in [-0.3, -0.25) is 4.79 Å². The number of aromatic nitrogens is 3. The van der Waals surface area contributed by atoms with Gasteiger partial charge in [0.05, 0.1) is 31.0 Å². The van der Waals surface area contributed by atoms with E-state index < -0.39 is 11.9 Å². The Balaban J connectivity index is 1.54. The molecular weight excluding hydrogens is 479 g/mol. The van der Waals surface area contributed by atoms with Gasteiger partial charge in [0.15, 0.2) is 5.65 Å². The normalized spacial score (nSPS) is 10.8. The van der Waals surface area contributed by atoms with E-state index in [2.05, 4.69) is 15.4 Å². The maximum Gasteiger partial charge on any atom is 0.337 e. The van der Waals surface area contributed by atoms with Gasteiger partial charge in [-0.05, 0) is 56.2 Å². The minimum Gasteiger partial charge on any atom is -0.465 e. The average molecular weight is 505 g/mol. The molecule has 0 saturated carbocycles. The fraction of sp³-hybridized carbons (Fsp3) is 0.222. The zero-order valence-electron chi connectivity index (χ0n) is 20.8. The summed E-state index contributed by atoms with van der Waals surface area (Å²) in [6.07, 6.45) is 0.491. The van der Waals surface area contributed by atoms with E-state index in [4.69, 9.17) is 9.47 Å². The molecule has 4 aromatic rings. The summed E-state index contributed by atoms with van der Waals surface area (Å²) in [5, 5.41) is 7.31. The molecule has 0 fully saturated rings. The second-order valence-corrected chi connectivity index (χ2v) is 8.40. The van der Waals surface area contributed by atoms with Gasteiger partial charge in [0, 0.05) is 35.1 Å². The molecule has 0 aliphatic carbocycles. The standard InChI is InChI=1S/C27H25FN4O5/c1-15-22(16(2)32-24(29-15)14-23(31-32)17-6-5-7-20(28)11-17)8-9-25(33)30-21-12-18(26(34)36-3)10-19(13-21)27(35)37-4/h5-7,10-14H,8-9H2,1-4H3,(H,30,33). The van der Waals surface area contributed by atoms with Gasteiger partial charge in [-0.1, -0.05) is 12.1 Å². The molecule has 0 saturated heterocycles. The molecule has 2 aromatic carbocycles. The summed E-state index contributed by atoms with van der Waals surface area (Å²) < 4.78 is 24.8. The molecule has 0 atom stereocenters. The van der Waals surface area contributed by atoms with Gasteiger partial charge in [0.2, 0.25) is 5.91 Å². The molecule has 2 aromatic heterocycles. The maximum absolute atomic E-state index is 13.7. The number of nitrogens with zero attached hydrogens (tertiary/aromatic N) is 3. The minimum atomic E-state index is -0.649. The predicted octanol–water partition coefficient (Wildman–Crippen LogP) is 4.30. The first-order valence-corrected chi connectivity index (χ1v) is 11.4. The van der Waals surface area contributed by atoms with Gasteiger partial charge in [-0.25, -0.2) is 23.5 Å². The molecule has 0 spiro atoms. The Hall–Kier alpha value is -4.60. The van der Waals surface area contributed by atoms with E-state index in [-0.39, 0.29) is 35.0 Å². The van der Waals surface area contributed by atoms with Gasteiger partial charge in [-0.2, -0.15) is 5.10 Å². The summed E-state index contributed by atoms with van der Waals surface area (Å²) >= 11 is 0. The van der Waals surface area contributed by atoms with E-state index in [1.165, 1.54) is 44.6 Å². The second kappa shape index (κ2) is 10.6. The van der Waals surface area contributed by atoms with E-state index in [9.17, 15) is 18.8 Å². The maximum atomic E-state index is 13.7. The number of amides is 1. The van der Waals surface area contributed by atoms with Crippen LogP contribution in [0.15, 0.2) is 48.5 Å². The molecule has 1 N–H and O–H groups in total. The summed E-state index contributed by atoms with van der Waals surface area (Å²) in [5.74, 6) is -1.97. The zero-order chi connectivity index (χ0) is 26.7. The van der Waals surface area contributed by atoms with Crippen LogP contribution in [0.3, 0.4) is 0 Å². The summed E-state index contributed by atoms with van der Waals surface area (Å²) in [6, 6.07) is 12.2. The monoisotopic (exact) mass is 504 g/mol. The molecule has 0 radical (unpaired) electrons. The van der Waals surface area contributed by atoms with E-state index in [0.717, 1.165) is 17.0 Å². The number of anilines is 1. The van der Waals surface area contributed by atoms with Crippen molar-refractivity contribution in [2.24, 2.45) is 0 Å². The number of rotatable bonds is 7. The highest BCUT2D eigenvalue weighted by Gasteiger charge is 2.17. The lowest BCUT2D eigenvalue weighted by atomic mass is 10.1. The molecule has 1 amide bonds. The Kier molecular flexibility index (Phi) is 7.28. The van der Waals surface area contributed by atoms with Crippen LogP contribution < -0.4 is 5.32 Å². The molecular formula is C27H25FN4O5. The van der Waals surface area contributed by atoms with Gasteiger partial charge in [0.1, 0.15) is 5.82 Å². The fourth-order valence-corrected chi connectivity index (χ4v) is 4.11. The predicted molar refractivity (Wildman–Crippen MR) is 134 cm³/mol. The summed E-state index contributed by atoms with van der Waals surface area (Å²) in [5.41, 5.74) is 4.77. The zero-order valence-corrected chi connectivity index (χ0v) is 20.8. The number of benzene rings is 2. The second-order valence-electron chi connectivity index (χ2n) is 8.40. The number of aryl methyl sites for hydroxylation is 2. The lowest BCUT2D eigenvalue weighted by molar-refractivity contribution is -0.116. The Bertz CT molecular complexity index is 1490. The van der Waals surface area contributed by atoms with E-state index in [0.29, 0.717) is 23.3 Å². The first-order chi connectivity index (χ1) is 17.7. The molecule has 190 valence electrons. The number of fused-ring (bicyclic) bond motifs is 1. The summed E-state index contributed by atoms with van der Waals surface area (Å²) in [7, 11) is 2.45. The van der Waals surface area contributed by atoms with Crippen LogP contribution in [0.25, 0.3) is 16.9 Å². The Labute approximate surface area is 212 Å². The Morgan fingerprint density at radius 1 is 0.973 bits per heavy atom. The highest BCUT2D eigenvalue weighted by molar-refractivity contribution is 5.99. The van der Waals surface area contributed by atoms with Crippen LogP contribution >= 0.6 is 0 Å². The van der Waals surface area contributed by atoms with Gasteiger partial charge < -0.3 is 14.8 Å². The van der Waals surface area contributed by atoms with Gasteiger partial charge >= 0.3 is 11.9 Å². The van der Waals surface area contributed by atoms with Crippen LogP contribution in [-0.2, 0) is 20.7 Å². The number of methoxy groups -OCH3 is 2. The molecule has 37 heavy (non-hydrogen) atoms. The van der Waals surface area contributed by atoms with Crippen LogP contribution in [0.5, 0.6) is 0 Å². The van der Waals surface area contributed by atoms with Crippen molar-refractivity contribution in [3.05, 3.63) is 82.4 Å². The van der Waals surface area contributed by atoms with Crippen LogP contribution in [0.2, 0.25) is 0 Å². The van der Waals surface area contributed by atoms with Crippen molar-refractivity contribution < 1.29 is 28.2 Å². The van der Waals surface area contributed by atoms with E-state index >= 15 is 0 Å². The van der Waals surface area contributed by atoms with Crippen molar-refractivity contribution >= 4 is 29.2 Å². The quantitative estimate of drug-likeness (QED) is 0.374. The highest BCUT2D eigenvalue weighted by Crippen LogP contribution is 2.24. The number of carbonyl (C=O) groups excluding carboxylic acids is 3. The third-order valence-electron chi connectivity index (χ3n) is 5.95. The van der Waals surface area contributed by atoms with Crippen LogP contribution in [-0.4, -0.2) is 46.7 Å². The summed E-state index contributed by atoms with van der Waals surface area (Å²) in [6.45, 7) is 3.75. The fourth-order valence-electron chi connectivity index (χ4n) is 4.11. The van der Waals surface area contributed by atoms with Gasteiger partial charge in [-0.15, -0.1) is 0 Å². The average Bonchev–Trinajstić information content (AvgIpc) is 3.31. The lowest BCUT2D eigenvalue weighted by Gasteiger charge is -2.12. The molecule has 0 aliphatic rings. The third-order valence-corrected chi connectivity index (χ3v) is 5.95. The molecule has 10 heteroatoms. The van der Waals surface area contributed by atoms with E-state index in [1.807, 2.05) is 13.8 Å². The van der Waals surface area contributed by atoms with Crippen molar-refractivity contribution in [3.8, 4) is 11.3 Å². The Morgan fingerprint density at radius 2 is 1.65 bits per heavy atom. The van der Waals surface area contributed by atoms with Crippen molar-refractivity contribution in [2.45, 2.75) is 26.7 Å². The van der Waals surface area contributed by atoms with Gasteiger partial charge in [0.25, 0.3) is 0 Å². The third kappa shape index (κ3) is 5.48. The minimum absolute atomic E-state index is 0.106. The number of ether oxygens (including phenoxy) is 2. The van der Waals surface area contributed by atoms with Crippen molar-refractivity contribution in [1.82, 2.24) is 14.6 Å². The van der Waals surface area contributed by atoms with Crippen LogP contribution in [0.4, 0.5) is 10.1 Å². The Morgan fingerprint density at radius 3 is 2.27 bits per heavy atom. The number of hydrogen-bond acceptors (Lipinski definition) is 7. The van der Waals surface area contributed by atoms with Crippen LogP contribution in [0.1, 0.15) is 44.1 Å². The van der Waals surface area contributed by atoms with Crippen molar-refractivity contribution in [1.29, 1.82) is 0 Å². The first kappa shape index (κ1) is 25.5. The highest BCUT2D eigenvalue weighted by atomic mass is 19.1. The number of nitrogens with one attached hydrogen (secondary N) is 1. The smallest absolute Gasteiger partial charge is 0.337 e. The van der Waals surface area contributed by atoms with Crippen LogP contribution in [0, 0.1) is 19.7 Å². The number of hydrogen-bond donors (Lipinski definition) is 1. The van der Waals surface area contributed by atoms with E-state index in [1.54, 1.807) is 22.7 Å². The first-order valence-electron chi connectivity index (χ1n) is 11.4. The molecule has 9 nitrogen and oxygen atoms in total. The number of halogens is 1. The molecule has 0 bridgehead atoms. The molecule has 0 unspecified atom stereocenters. The topological polar surface area (TPSA) is 112 Å². The molecule has 4 rings (SSSR count). The lowest BCUT2D eigenvalue weighted by Crippen LogP contribution is -2.16. The largest absolute Gasteiger partial charge is 0.465 e. The number of esters is 2.